The van der Waals surface area contributed by atoms with Crippen molar-refractivity contribution < 1.29 is 8.78 Å². The van der Waals surface area contributed by atoms with E-state index in [4.69, 9.17) is 0 Å². The van der Waals surface area contributed by atoms with Crippen LogP contribution in [-0.2, 0) is 0 Å². The Morgan fingerprint density at radius 1 is 0.833 bits per heavy atom. The van der Waals surface area contributed by atoms with E-state index >= 15 is 0 Å². The van der Waals surface area contributed by atoms with Crippen LogP contribution in [0.4, 0.5) is 14.6 Å². The van der Waals surface area contributed by atoms with Gasteiger partial charge in [-0.3, -0.25) is 4.98 Å². The topological polar surface area (TPSA) is 29.0 Å². The van der Waals surface area contributed by atoms with E-state index in [1.807, 2.05) is 39.0 Å². The summed E-state index contributed by atoms with van der Waals surface area (Å²) in [5.41, 5.74) is 2.11. The molecule has 0 aliphatic heterocycles. The molecular formula is C19H27F2N3. The molecule has 0 bridgehead atoms. The molecule has 2 aromatic rings. The highest BCUT2D eigenvalue weighted by atomic mass is 19.3. The maximum Gasteiger partial charge on any atom is 0.280 e. The average molecular weight is 335 g/mol. The lowest BCUT2D eigenvalue weighted by Gasteiger charge is -2.13. The molecule has 132 valence electrons. The van der Waals surface area contributed by atoms with E-state index < -0.39 is 6.43 Å². The number of pyridine rings is 2. The summed E-state index contributed by atoms with van der Waals surface area (Å²) in [5.74, 6) is 1.87. The molecule has 0 spiro atoms. The molecular weight excluding hydrogens is 308 g/mol. The third-order valence-electron chi connectivity index (χ3n) is 3.59. The van der Waals surface area contributed by atoms with Crippen molar-refractivity contribution in [2.24, 2.45) is 0 Å². The third-order valence-corrected chi connectivity index (χ3v) is 3.59. The second-order valence-electron chi connectivity index (χ2n) is 6.47. The Balaban J connectivity index is 0.000000240. The van der Waals surface area contributed by atoms with Gasteiger partial charge in [0.1, 0.15) is 11.5 Å². The highest BCUT2D eigenvalue weighted by Crippen LogP contribution is 2.20. The summed E-state index contributed by atoms with van der Waals surface area (Å²) in [6.07, 6.45) is 0.824. The van der Waals surface area contributed by atoms with Crippen molar-refractivity contribution in [1.82, 2.24) is 9.97 Å². The van der Waals surface area contributed by atoms with Crippen molar-refractivity contribution in [2.45, 2.75) is 46.0 Å². The molecule has 0 aromatic carbocycles. The number of hydrogen-bond donors (Lipinski definition) is 0. The normalized spacial score (nSPS) is 10.8. The summed E-state index contributed by atoms with van der Waals surface area (Å²) >= 11 is 0. The Labute approximate surface area is 143 Å². The van der Waals surface area contributed by atoms with E-state index in [1.165, 1.54) is 17.8 Å². The summed E-state index contributed by atoms with van der Waals surface area (Å²) in [7, 11) is 4.01. The van der Waals surface area contributed by atoms with Crippen LogP contribution in [0.3, 0.4) is 0 Å². The van der Waals surface area contributed by atoms with Crippen LogP contribution in [0.5, 0.6) is 0 Å². The fraction of sp³-hybridized carbons (Fsp3) is 0.474. The fourth-order valence-electron chi connectivity index (χ4n) is 1.98. The molecule has 2 rings (SSSR count). The molecule has 0 aliphatic carbocycles. The van der Waals surface area contributed by atoms with Crippen molar-refractivity contribution >= 4 is 5.82 Å². The Morgan fingerprint density at radius 2 is 1.33 bits per heavy atom. The number of anilines is 1. The van der Waals surface area contributed by atoms with Crippen LogP contribution in [0, 0.1) is 0 Å². The minimum absolute atomic E-state index is 0.138. The molecule has 0 radical (unpaired) electrons. The number of alkyl halides is 2. The SMILES string of the molecule is CC(C)c1ccnc(C(F)F)c1.CC(C)c1ccnc(N(C)C)c1. The molecule has 0 saturated heterocycles. The minimum Gasteiger partial charge on any atom is -0.363 e. The second kappa shape index (κ2) is 9.30. The highest BCUT2D eigenvalue weighted by molar-refractivity contribution is 5.39. The lowest BCUT2D eigenvalue weighted by Crippen LogP contribution is -2.10. The number of nitrogens with zero attached hydrogens (tertiary/aromatic N) is 3. The smallest absolute Gasteiger partial charge is 0.280 e. The van der Waals surface area contributed by atoms with Gasteiger partial charge in [-0.25, -0.2) is 13.8 Å². The van der Waals surface area contributed by atoms with Gasteiger partial charge in [-0.15, -0.1) is 0 Å². The molecule has 0 unspecified atom stereocenters. The molecule has 0 amide bonds. The van der Waals surface area contributed by atoms with Crippen LogP contribution in [0.25, 0.3) is 0 Å². The zero-order chi connectivity index (χ0) is 18.3. The lowest BCUT2D eigenvalue weighted by molar-refractivity contribution is 0.146. The van der Waals surface area contributed by atoms with E-state index in [0.717, 1.165) is 11.4 Å². The molecule has 2 heterocycles. The van der Waals surface area contributed by atoms with Gasteiger partial charge in [0.05, 0.1) is 0 Å². The summed E-state index contributed by atoms with van der Waals surface area (Å²) in [5, 5.41) is 0. The number of hydrogen-bond acceptors (Lipinski definition) is 3. The first-order valence-electron chi connectivity index (χ1n) is 8.09. The van der Waals surface area contributed by atoms with Gasteiger partial charge < -0.3 is 4.90 Å². The van der Waals surface area contributed by atoms with Crippen LogP contribution < -0.4 is 4.90 Å². The molecule has 5 heteroatoms. The quantitative estimate of drug-likeness (QED) is 0.747. The van der Waals surface area contributed by atoms with Crippen molar-refractivity contribution in [2.75, 3.05) is 19.0 Å². The van der Waals surface area contributed by atoms with Crippen LogP contribution in [0.2, 0.25) is 0 Å². The van der Waals surface area contributed by atoms with Crippen molar-refractivity contribution in [3.05, 3.63) is 53.5 Å². The first-order chi connectivity index (χ1) is 11.2. The molecule has 0 saturated carbocycles. The largest absolute Gasteiger partial charge is 0.363 e. The van der Waals surface area contributed by atoms with E-state index in [0.29, 0.717) is 5.92 Å². The van der Waals surface area contributed by atoms with Crippen molar-refractivity contribution in [3.8, 4) is 0 Å². The monoisotopic (exact) mass is 335 g/mol. The van der Waals surface area contributed by atoms with Crippen LogP contribution in [0.1, 0.15) is 62.8 Å². The summed E-state index contributed by atoms with van der Waals surface area (Å²) < 4.78 is 24.3. The number of aromatic nitrogens is 2. The molecule has 0 aliphatic rings. The van der Waals surface area contributed by atoms with Gasteiger partial charge in [0.15, 0.2) is 0 Å². The van der Waals surface area contributed by atoms with E-state index in [9.17, 15) is 8.78 Å². The predicted molar refractivity (Wildman–Crippen MR) is 95.9 cm³/mol. The molecule has 0 N–H and O–H groups in total. The first-order valence-corrected chi connectivity index (χ1v) is 8.09. The van der Waals surface area contributed by atoms with Gasteiger partial charge in [-0.1, -0.05) is 27.7 Å². The van der Waals surface area contributed by atoms with E-state index in [1.54, 1.807) is 6.07 Å². The van der Waals surface area contributed by atoms with Gasteiger partial charge in [-0.05, 0) is 47.2 Å². The minimum atomic E-state index is -2.47. The molecule has 0 atom stereocenters. The zero-order valence-corrected chi connectivity index (χ0v) is 15.3. The number of halogens is 2. The second-order valence-corrected chi connectivity index (χ2v) is 6.47. The lowest BCUT2D eigenvalue weighted by atomic mass is 10.0. The first kappa shape index (κ1) is 20.0. The number of rotatable bonds is 4. The molecule has 0 fully saturated rings. The predicted octanol–water partition coefficient (Wildman–Crippen LogP) is 5.41. The van der Waals surface area contributed by atoms with Gasteiger partial charge in [0.2, 0.25) is 0 Å². The van der Waals surface area contributed by atoms with E-state index in [2.05, 4.69) is 35.9 Å². The van der Waals surface area contributed by atoms with Gasteiger partial charge in [0, 0.05) is 26.5 Å². The molecule has 24 heavy (non-hydrogen) atoms. The highest BCUT2D eigenvalue weighted by Gasteiger charge is 2.09. The Kier molecular flexibility index (Phi) is 7.75. The molecule has 2 aromatic heterocycles. The maximum absolute atomic E-state index is 12.1. The zero-order valence-electron chi connectivity index (χ0n) is 15.3. The average Bonchev–Trinajstić information content (AvgIpc) is 2.55. The standard InChI is InChI=1S/C10H16N2.C9H11F2N/c1-8(2)9-5-6-11-10(7-9)12(3)4;1-6(2)7-3-4-12-8(5-7)9(10)11/h5-8H,1-4H3;3-6,9H,1-2H3. The summed E-state index contributed by atoms with van der Waals surface area (Å²) in [4.78, 5) is 9.84. The van der Waals surface area contributed by atoms with Crippen LogP contribution >= 0.6 is 0 Å². The van der Waals surface area contributed by atoms with Crippen LogP contribution in [-0.4, -0.2) is 24.1 Å². The van der Waals surface area contributed by atoms with Gasteiger partial charge >= 0.3 is 0 Å². The van der Waals surface area contributed by atoms with Crippen molar-refractivity contribution in [1.29, 1.82) is 0 Å². The Bertz CT molecular complexity index is 524. The van der Waals surface area contributed by atoms with E-state index in [-0.39, 0.29) is 11.6 Å². The summed E-state index contributed by atoms with van der Waals surface area (Å²) in [6, 6.07) is 7.41. The molecule has 3 nitrogen and oxygen atoms in total. The van der Waals surface area contributed by atoms with Crippen LogP contribution in [0.15, 0.2) is 36.7 Å². The fourth-order valence-corrected chi connectivity index (χ4v) is 1.98. The third kappa shape index (κ3) is 6.22. The van der Waals surface area contributed by atoms with Crippen molar-refractivity contribution in [3.63, 3.8) is 0 Å². The maximum atomic E-state index is 12.1. The van der Waals surface area contributed by atoms with Gasteiger partial charge in [0.25, 0.3) is 6.43 Å². The Morgan fingerprint density at radius 3 is 1.79 bits per heavy atom. The summed E-state index contributed by atoms with van der Waals surface area (Å²) in [6.45, 7) is 8.30. The Hall–Kier alpha value is -2.04. The van der Waals surface area contributed by atoms with Gasteiger partial charge in [-0.2, -0.15) is 0 Å².